The Morgan fingerprint density at radius 1 is 1.29 bits per heavy atom. The van der Waals surface area contributed by atoms with Gasteiger partial charge in [-0.25, -0.2) is 4.39 Å². The van der Waals surface area contributed by atoms with Crippen LogP contribution in [0, 0.1) is 5.82 Å². The van der Waals surface area contributed by atoms with E-state index in [1.54, 1.807) is 24.3 Å². The van der Waals surface area contributed by atoms with Crippen LogP contribution in [0.3, 0.4) is 0 Å². The SMILES string of the molecule is CC(=O)c1cc(Br)cc(N)c1OCc1ccc(F)c(Br)c1. The second kappa shape index (κ2) is 6.58. The maximum absolute atomic E-state index is 13.2. The number of rotatable bonds is 4. The fraction of sp³-hybridized carbons (Fsp3) is 0.133. The molecule has 0 spiro atoms. The normalized spacial score (nSPS) is 10.5. The third-order valence-corrected chi connectivity index (χ3v) is 3.89. The van der Waals surface area contributed by atoms with Crippen LogP contribution >= 0.6 is 31.9 Å². The van der Waals surface area contributed by atoms with E-state index in [-0.39, 0.29) is 18.2 Å². The summed E-state index contributed by atoms with van der Waals surface area (Å²) >= 11 is 6.41. The highest BCUT2D eigenvalue weighted by Gasteiger charge is 2.14. The van der Waals surface area contributed by atoms with Gasteiger partial charge >= 0.3 is 0 Å². The molecule has 0 aromatic heterocycles. The van der Waals surface area contributed by atoms with Crippen molar-refractivity contribution in [2.24, 2.45) is 0 Å². The number of carbonyl (C=O) groups is 1. The van der Waals surface area contributed by atoms with Gasteiger partial charge < -0.3 is 10.5 Å². The van der Waals surface area contributed by atoms with Crippen LogP contribution in [0.15, 0.2) is 39.3 Å². The van der Waals surface area contributed by atoms with Crippen LogP contribution in [0.25, 0.3) is 0 Å². The van der Waals surface area contributed by atoms with E-state index in [0.29, 0.717) is 25.9 Å². The van der Waals surface area contributed by atoms with Crippen molar-refractivity contribution in [1.82, 2.24) is 0 Å². The van der Waals surface area contributed by atoms with Gasteiger partial charge in [-0.05, 0) is 52.7 Å². The highest BCUT2D eigenvalue weighted by atomic mass is 79.9. The standard InChI is InChI=1S/C15H12Br2FNO2/c1-8(20)11-5-10(16)6-14(19)15(11)21-7-9-2-3-13(18)12(17)4-9/h2-6H,7,19H2,1H3. The van der Waals surface area contributed by atoms with Crippen LogP contribution in [-0.4, -0.2) is 5.78 Å². The predicted molar refractivity (Wildman–Crippen MR) is 87.0 cm³/mol. The first-order chi connectivity index (χ1) is 9.88. The zero-order valence-electron chi connectivity index (χ0n) is 11.1. The van der Waals surface area contributed by atoms with E-state index in [2.05, 4.69) is 31.9 Å². The number of anilines is 1. The lowest BCUT2D eigenvalue weighted by Crippen LogP contribution is -2.05. The lowest BCUT2D eigenvalue weighted by atomic mass is 10.1. The smallest absolute Gasteiger partial charge is 0.163 e. The van der Waals surface area contributed by atoms with Crippen molar-refractivity contribution in [3.05, 3.63) is 56.2 Å². The molecule has 2 aromatic rings. The molecule has 0 bridgehead atoms. The molecule has 0 aliphatic heterocycles. The summed E-state index contributed by atoms with van der Waals surface area (Å²) in [6.45, 7) is 1.63. The zero-order valence-corrected chi connectivity index (χ0v) is 14.3. The minimum absolute atomic E-state index is 0.140. The van der Waals surface area contributed by atoms with Crippen LogP contribution in [-0.2, 0) is 6.61 Å². The van der Waals surface area contributed by atoms with Crippen molar-refractivity contribution in [3.63, 3.8) is 0 Å². The van der Waals surface area contributed by atoms with Gasteiger partial charge in [0.2, 0.25) is 0 Å². The molecule has 0 aliphatic rings. The Morgan fingerprint density at radius 2 is 2.00 bits per heavy atom. The van der Waals surface area contributed by atoms with E-state index in [4.69, 9.17) is 10.5 Å². The number of ketones is 1. The molecule has 2 rings (SSSR count). The minimum Gasteiger partial charge on any atom is -0.486 e. The molecule has 0 atom stereocenters. The number of hydrogen-bond acceptors (Lipinski definition) is 3. The molecule has 0 aliphatic carbocycles. The number of nitrogens with two attached hydrogens (primary N) is 1. The van der Waals surface area contributed by atoms with Crippen molar-refractivity contribution in [2.75, 3.05) is 5.73 Å². The van der Waals surface area contributed by atoms with Gasteiger partial charge in [0.25, 0.3) is 0 Å². The van der Waals surface area contributed by atoms with Gasteiger partial charge in [-0.1, -0.05) is 22.0 Å². The van der Waals surface area contributed by atoms with E-state index in [9.17, 15) is 9.18 Å². The largest absolute Gasteiger partial charge is 0.486 e. The van der Waals surface area contributed by atoms with Crippen LogP contribution in [0.1, 0.15) is 22.8 Å². The van der Waals surface area contributed by atoms with Gasteiger partial charge in [0.1, 0.15) is 12.4 Å². The first-order valence-corrected chi connectivity index (χ1v) is 7.63. The molecule has 0 amide bonds. The fourth-order valence-corrected chi connectivity index (χ4v) is 2.72. The molecule has 21 heavy (non-hydrogen) atoms. The first-order valence-electron chi connectivity index (χ1n) is 6.05. The molecule has 2 aromatic carbocycles. The molecule has 3 nitrogen and oxygen atoms in total. The van der Waals surface area contributed by atoms with Crippen molar-refractivity contribution in [3.8, 4) is 5.75 Å². The summed E-state index contributed by atoms with van der Waals surface area (Å²) in [6.07, 6.45) is 0. The Kier molecular flexibility index (Phi) is 5.00. The summed E-state index contributed by atoms with van der Waals surface area (Å²) in [5.74, 6) is -0.143. The van der Waals surface area contributed by atoms with Crippen molar-refractivity contribution >= 4 is 43.3 Å². The number of Topliss-reactive ketones (excluding diaryl/α,β-unsaturated/α-hetero) is 1. The quantitative estimate of drug-likeness (QED) is 0.579. The molecule has 110 valence electrons. The van der Waals surface area contributed by atoms with Gasteiger partial charge in [0.15, 0.2) is 11.5 Å². The van der Waals surface area contributed by atoms with Gasteiger partial charge in [-0.15, -0.1) is 0 Å². The number of ether oxygens (including phenoxy) is 1. The number of nitrogen functional groups attached to an aromatic ring is 1. The Morgan fingerprint density at radius 3 is 2.62 bits per heavy atom. The lowest BCUT2D eigenvalue weighted by Gasteiger charge is -2.13. The summed E-state index contributed by atoms with van der Waals surface area (Å²) in [5.41, 5.74) is 7.44. The molecule has 2 N–H and O–H groups in total. The second-order valence-electron chi connectivity index (χ2n) is 4.47. The van der Waals surface area contributed by atoms with Gasteiger partial charge in [0.05, 0.1) is 15.7 Å². The number of benzene rings is 2. The average Bonchev–Trinajstić information content (AvgIpc) is 2.40. The summed E-state index contributed by atoms with van der Waals surface area (Å²) in [4.78, 5) is 11.7. The number of hydrogen-bond donors (Lipinski definition) is 1. The first kappa shape index (κ1) is 16.0. The molecular formula is C15H12Br2FNO2. The van der Waals surface area contributed by atoms with E-state index >= 15 is 0 Å². The maximum Gasteiger partial charge on any atom is 0.163 e. The second-order valence-corrected chi connectivity index (χ2v) is 6.24. The van der Waals surface area contributed by atoms with Crippen molar-refractivity contribution < 1.29 is 13.9 Å². The Labute approximate surface area is 138 Å². The maximum atomic E-state index is 13.2. The summed E-state index contributed by atoms with van der Waals surface area (Å²) in [6, 6.07) is 7.91. The minimum atomic E-state index is -0.341. The number of halogens is 3. The lowest BCUT2D eigenvalue weighted by molar-refractivity contribution is 0.101. The molecular weight excluding hydrogens is 405 g/mol. The van der Waals surface area contributed by atoms with E-state index in [0.717, 1.165) is 5.56 Å². The molecule has 0 saturated heterocycles. The topological polar surface area (TPSA) is 52.3 Å². The highest BCUT2D eigenvalue weighted by molar-refractivity contribution is 9.10. The van der Waals surface area contributed by atoms with Gasteiger partial charge in [0, 0.05) is 4.47 Å². The molecule has 0 saturated carbocycles. The fourth-order valence-electron chi connectivity index (χ4n) is 1.82. The average molecular weight is 417 g/mol. The van der Waals surface area contributed by atoms with E-state index < -0.39 is 0 Å². The highest BCUT2D eigenvalue weighted by Crippen LogP contribution is 2.32. The Hall–Kier alpha value is -1.40. The van der Waals surface area contributed by atoms with E-state index in [1.807, 2.05) is 0 Å². The van der Waals surface area contributed by atoms with Crippen LogP contribution in [0.4, 0.5) is 10.1 Å². The summed E-state index contributed by atoms with van der Waals surface area (Å²) in [5, 5.41) is 0. The third kappa shape index (κ3) is 3.83. The molecule has 0 unspecified atom stereocenters. The molecule has 0 fully saturated rings. The van der Waals surface area contributed by atoms with Crippen LogP contribution in [0.5, 0.6) is 5.75 Å². The number of carbonyl (C=O) groups excluding carboxylic acids is 1. The van der Waals surface area contributed by atoms with Gasteiger partial charge in [-0.2, -0.15) is 0 Å². The Balaban J connectivity index is 2.27. The zero-order chi connectivity index (χ0) is 15.6. The van der Waals surface area contributed by atoms with E-state index in [1.165, 1.54) is 13.0 Å². The van der Waals surface area contributed by atoms with Gasteiger partial charge in [-0.3, -0.25) is 4.79 Å². The predicted octanol–water partition coefficient (Wildman–Crippen LogP) is 4.71. The molecule has 0 radical (unpaired) electrons. The Bertz CT molecular complexity index is 704. The summed E-state index contributed by atoms with van der Waals surface area (Å²) < 4.78 is 19.9. The van der Waals surface area contributed by atoms with Crippen molar-refractivity contribution in [2.45, 2.75) is 13.5 Å². The third-order valence-electron chi connectivity index (χ3n) is 2.83. The van der Waals surface area contributed by atoms with Crippen molar-refractivity contribution in [1.29, 1.82) is 0 Å². The van der Waals surface area contributed by atoms with Crippen LogP contribution in [0.2, 0.25) is 0 Å². The monoisotopic (exact) mass is 415 g/mol. The summed E-state index contributed by atoms with van der Waals surface area (Å²) in [7, 11) is 0. The van der Waals surface area contributed by atoms with Crippen LogP contribution < -0.4 is 10.5 Å². The molecule has 6 heteroatoms. The molecule has 0 heterocycles.